The summed E-state index contributed by atoms with van der Waals surface area (Å²) in [6.07, 6.45) is 3.31. The van der Waals surface area contributed by atoms with Gasteiger partial charge in [-0.1, -0.05) is 30.0 Å². The second-order valence-electron chi connectivity index (χ2n) is 8.82. The highest BCUT2D eigenvalue weighted by molar-refractivity contribution is 8.26. The molecule has 2 fully saturated rings. The third kappa shape index (κ3) is 4.98. The fraction of sp³-hybridized carbons (Fsp3) is 0.308. The fourth-order valence-corrected chi connectivity index (χ4v) is 5.79. The second-order valence-corrected chi connectivity index (χ2v) is 10.5. The Morgan fingerprint density at radius 2 is 1.81 bits per heavy atom. The number of rotatable bonds is 6. The maximum atomic E-state index is 13.7. The second kappa shape index (κ2) is 10.6. The number of piperazine rings is 1. The molecule has 37 heavy (non-hydrogen) atoms. The van der Waals surface area contributed by atoms with Crippen molar-refractivity contribution in [3.63, 3.8) is 0 Å². The molecule has 2 saturated heterocycles. The van der Waals surface area contributed by atoms with Crippen molar-refractivity contribution in [2.75, 3.05) is 56.2 Å². The van der Waals surface area contributed by atoms with E-state index in [1.54, 1.807) is 37.6 Å². The van der Waals surface area contributed by atoms with Crippen LogP contribution in [0.15, 0.2) is 52.3 Å². The van der Waals surface area contributed by atoms with E-state index < -0.39 is 0 Å². The number of amides is 1. The van der Waals surface area contributed by atoms with Crippen LogP contribution in [-0.4, -0.2) is 71.0 Å². The van der Waals surface area contributed by atoms with Gasteiger partial charge in [-0.15, -0.1) is 0 Å². The average molecular weight is 540 g/mol. The highest BCUT2D eigenvalue weighted by Gasteiger charge is 2.33. The molecule has 3 aromatic rings. The van der Waals surface area contributed by atoms with Crippen LogP contribution in [0.2, 0.25) is 0 Å². The number of nitrogens with zero attached hydrogens (tertiary/aromatic N) is 5. The van der Waals surface area contributed by atoms with E-state index in [4.69, 9.17) is 21.9 Å². The highest BCUT2D eigenvalue weighted by atomic mass is 32.2. The lowest BCUT2D eigenvalue weighted by atomic mass is 10.2. The Labute approximate surface area is 223 Å². The van der Waals surface area contributed by atoms with Crippen LogP contribution in [0.4, 0.5) is 15.9 Å². The molecule has 0 aliphatic carbocycles. The highest BCUT2D eigenvalue weighted by Crippen LogP contribution is 2.33. The first kappa shape index (κ1) is 25.4. The molecule has 11 heteroatoms. The summed E-state index contributed by atoms with van der Waals surface area (Å²) >= 11 is 6.59. The smallest absolute Gasteiger partial charge is 0.267 e. The molecule has 0 saturated carbocycles. The molecule has 0 atom stereocenters. The number of methoxy groups -OCH3 is 1. The minimum atomic E-state index is -0.268. The zero-order chi connectivity index (χ0) is 26.1. The molecule has 0 spiro atoms. The van der Waals surface area contributed by atoms with Gasteiger partial charge in [-0.25, -0.2) is 9.37 Å². The molecule has 1 amide bonds. The summed E-state index contributed by atoms with van der Waals surface area (Å²) in [6.45, 7) is 5.22. The molecule has 0 N–H and O–H groups in total. The number of carbonyl (C=O) groups is 1. The number of fused-ring (bicyclic) bond motifs is 1. The van der Waals surface area contributed by atoms with Crippen molar-refractivity contribution in [1.29, 1.82) is 0 Å². The quantitative estimate of drug-likeness (QED) is 0.349. The van der Waals surface area contributed by atoms with Crippen LogP contribution < -0.4 is 15.4 Å². The largest absolute Gasteiger partial charge is 0.383 e. The Morgan fingerprint density at radius 1 is 1.11 bits per heavy atom. The molecule has 0 bridgehead atoms. The van der Waals surface area contributed by atoms with E-state index in [2.05, 4.69) is 9.80 Å². The lowest BCUT2D eigenvalue weighted by molar-refractivity contribution is -0.122. The number of halogens is 1. The minimum Gasteiger partial charge on any atom is -0.383 e. The number of benzene rings is 1. The maximum Gasteiger partial charge on any atom is 0.267 e. The Kier molecular flexibility index (Phi) is 7.27. The molecule has 0 radical (unpaired) electrons. The summed E-state index contributed by atoms with van der Waals surface area (Å²) in [5.41, 5.74) is 2.51. The van der Waals surface area contributed by atoms with Gasteiger partial charge in [0.1, 0.15) is 21.6 Å². The summed E-state index contributed by atoms with van der Waals surface area (Å²) in [5.74, 6) is 0.0314. The SMILES string of the molecule is COCCN1C(=O)C(=Cc2c(N3CCN(c4ccc(F)cc4)CC3)nc3c(C)cccn3c2=O)SC1=S. The van der Waals surface area contributed by atoms with Crippen LogP contribution in [-0.2, 0) is 9.53 Å². The molecule has 2 aliphatic heterocycles. The van der Waals surface area contributed by atoms with Crippen molar-refractivity contribution in [1.82, 2.24) is 14.3 Å². The monoisotopic (exact) mass is 539 g/mol. The number of thiocarbonyl (C=S) groups is 1. The molecule has 1 aromatic carbocycles. The summed E-state index contributed by atoms with van der Waals surface area (Å²) in [7, 11) is 1.57. The molecule has 2 aromatic heterocycles. The number of anilines is 2. The standard InChI is InChI=1S/C26H26FN5O3S2/c1-17-4-3-9-31-22(17)28-23(30-12-10-29(11-13-30)19-7-5-18(27)6-8-19)20(24(31)33)16-21-25(34)32(14-15-35-2)26(36)37-21/h3-9,16H,10-15H2,1-2H3. The van der Waals surface area contributed by atoms with Crippen LogP contribution in [0.1, 0.15) is 11.1 Å². The number of aromatic nitrogens is 2. The van der Waals surface area contributed by atoms with E-state index in [-0.39, 0.29) is 17.3 Å². The average Bonchev–Trinajstić information content (AvgIpc) is 3.17. The van der Waals surface area contributed by atoms with Gasteiger partial charge in [0.05, 0.1) is 23.6 Å². The van der Waals surface area contributed by atoms with E-state index in [0.29, 0.717) is 65.6 Å². The van der Waals surface area contributed by atoms with Crippen LogP contribution in [0.5, 0.6) is 0 Å². The summed E-state index contributed by atoms with van der Waals surface area (Å²) < 4.78 is 20.4. The molecule has 8 nitrogen and oxygen atoms in total. The van der Waals surface area contributed by atoms with Crippen molar-refractivity contribution in [3.8, 4) is 0 Å². The Balaban J connectivity index is 1.52. The number of thioether (sulfide) groups is 1. The van der Waals surface area contributed by atoms with Crippen molar-refractivity contribution in [2.24, 2.45) is 0 Å². The predicted molar refractivity (Wildman–Crippen MR) is 149 cm³/mol. The zero-order valence-electron chi connectivity index (χ0n) is 20.5. The van der Waals surface area contributed by atoms with E-state index in [1.807, 2.05) is 13.0 Å². The molecule has 2 aliphatic rings. The third-order valence-corrected chi connectivity index (χ3v) is 7.88. The van der Waals surface area contributed by atoms with E-state index in [0.717, 1.165) is 11.3 Å². The zero-order valence-corrected chi connectivity index (χ0v) is 22.1. The Morgan fingerprint density at radius 3 is 2.51 bits per heavy atom. The third-order valence-electron chi connectivity index (χ3n) is 6.50. The van der Waals surface area contributed by atoms with Crippen molar-refractivity contribution in [2.45, 2.75) is 6.92 Å². The van der Waals surface area contributed by atoms with Crippen LogP contribution in [0.3, 0.4) is 0 Å². The van der Waals surface area contributed by atoms with Gasteiger partial charge in [0, 0.05) is 45.2 Å². The van der Waals surface area contributed by atoms with Gasteiger partial charge in [0.25, 0.3) is 11.5 Å². The van der Waals surface area contributed by atoms with Gasteiger partial charge in [-0.05, 0) is 48.9 Å². The van der Waals surface area contributed by atoms with Crippen LogP contribution in [0.25, 0.3) is 11.7 Å². The number of hydrogen-bond donors (Lipinski definition) is 0. The molecular weight excluding hydrogens is 513 g/mol. The van der Waals surface area contributed by atoms with Gasteiger partial charge >= 0.3 is 0 Å². The number of carbonyl (C=O) groups excluding carboxylic acids is 1. The van der Waals surface area contributed by atoms with Crippen molar-refractivity contribution < 1.29 is 13.9 Å². The van der Waals surface area contributed by atoms with Crippen molar-refractivity contribution in [3.05, 3.63) is 74.8 Å². The first-order valence-electron chi connectivity index (χ1n) is 11.9. The Bertz CT molecular complexity index is 1450. The fourth-order valence-electron chi connectivity index (χ4n) is 4.50. The van der Waals surface area contributed by atoms with Crippen molar-refractivity contribution >= 4 is 57.4 Å². The van der Waals surface area contributed by atoms with Gasteiger partial charge in [-0.2, -0.15) is 0 Å². The van der Waals surface area contributed by atoms with E-state index in [9.17, 15) is 14.0 Å². The first-order valence-corrected chi connectivity index (χ1v) is 13.1. The number of pyridine rings is 1. The molecular formula is C26H26FN5O3S2. The summed E-state index contributed by atoms with van der Waals surface area (Å²) in [4.78, 5) is 37.8. The number of ether oxygens (including phenoxy) is 1. The van der Waals surface area contributed by atoms with Crippen LogP contribution in [0, 0.1) is 12.7 Å². The van der Waals surface area contributed by atoms with Gasteiger partial charge < -0.3 is 14.5 Å². The molecule has 0 unspecified atom stereocenters. The maximum absolute atomic E-state index is 13.7. The topological polar surface area (TPSA) is 70.4 Å². The molecule has 192 valence electrons. The number of hydrogen-bond acceptors (Lipinski definition) is 8. The summed E-state index contributed by atoms with van der Waals surface area (Å²) in [6, 6.07) is 10.2. The Hall–Kier alpha value is -3.28. The normalized spacial score (nSPS) is 17.5. The molecule has 4 heterocycles. The van der Waals surface area contributed by atoms with Gasteiger partial charge in [-0.3, -0.25) is 18.9 Å². The molecule has 5 rings (SSSR count). The predicted octanol–water partition coefficient (Wildman–Crippen LogP) is 3.32. The minimum absolute atomic E-state index is 0.243. The van der Waals surface area contributed by atoms with Gasteiger partial charge in [0.15, 0.2) is 0 Å². The lowest BCUT2D eigenvalue weighted by Crippen LogP contribution is -2.47. The van der Waals surface area contributed by atoms with Gasteiger partial charge in [0.2, 0.25) is 0 Å². The summed E-state index contributed by atoms with van der Waals surface area (Å²) in [5, 5.41) is 0. The van der Waals surface area contributed by atoms with E-state index in [1.165, 1.54) is 33.2 Å². The van der Waals surface area contributed by atoms with E-state index >= 15 is 0 Å². The number of aryl methyl sites for hydroxylation is 1. The first-order chi connectivity index (χ1) is 17.9. The lowest BCUT2D eigenvalue weighted by Gasteiger charge is -2.37. The van der Waals surface area contributed by atoms with Crippen LogP contribution >= 0.6 is 24.0 Å².